The van der Waals surface area contributed by atoms with Gasteiger partial charge in [-0.15, -0.1) is 11.3 Å². The van der Waals surface area contributed by atoms with E-state index in [-0.39, 0.29) is 5.91 Å². The normalized spacial score (nSPS) is 10.3. The zero-order valence-electron chi connectivity index (χ0n) is 10.4. The number of hydrogen-bond donors (Lipinski definition) is 1. The summed E-state index contributed by atoms with van der Waals surface area (Å²) in [4.78, 5) is 21.3. The van der Waals surface area contributed by atoms with Gasteiger partial charge < -0.3 is 5.32 Å². The van der Waals surface area contributed by atoms with Crippen molar-refractivity contribution in [2.45, 2.75) is 19.8 Å². The molecule has 18 heavy (non-hydrogen) atoms. The first-order valence-electron chi connectivity index (χ1n) is 5.88. The molecule has 1 N–H and O–H groups in total. The van der Waals surface area contributed by atoms with Crippen LogP contribution in [0.3, 0.4) is 0 Å². The molecule has 0 aliphatic carbocycles. The van der Waals surface area contributed by atoms with E-state index >= 15 is 0 Å². The fourth-order valence-electron chi connectivity index (χ4n) is 1.66. The second kappa shape index (κ2) is 5.73. The number of aromatic nitrogens is 2. The summed E-state index contributed by atoms with van der Waals surface area (Å²) in [6, 6.07) is 3.81. The number of pyridine rings is 1. The maximum Gasteiger partial charge on any atom is 0.270 e. The number of nitrogens with one attached hydrogen (secondary N) is 1. The molecule has 0 unspecified atom stereocenters. The topological polar surface area (TPSA) is 54.9 Å². The monoisotopic (exact) mass is 261 g/mol. The van der Waals surface area contributed by atoms with Crippen molar-refractivity contribution in [3.8, 4) is 10.6 Å². The molecule has 0 bridgehead atoms. The number of amides is 1. The van der Waals surface area contributed by atoms with Crippen LogP contribution in [-0.4, -0.2) is 22.9 Å². The van der Waals surface area contributed by atoms with E-state index in [4.69, 9.17) is 0 Å². The van der Waals surface area contributed by atoms with Crippen LogP contribution in [0.25, 0.3) is 10.6 Å². The van der Waals surface area contributed by atoms with Crippen LogP contribution in [0.2, 0.25) is 0 Å². The lowest BCUT2D eigenvalue weighted by Crippen LogP contribution is -2.19. The Morgan fingerprint density at radius 3 is 2.72 bits per heavy atom. The first kappa shape index (κ1) is 12.7. The number of nitrogens with zero attached hydrogens (tertiary/aromatic N) is 2. The molecule has 0 aromatic carbocycles. The lowest BCUT2D eigenvalue weighted by atomic mass is 10.2. The second-order valence-electron chi connectivity index (χ2n) is 3.86. The van der Waals surface area contributed by atoms with E-state index in [2.05, 4.69) is 22.2 Å². The Kier molecular flexibility index (Phi) is 4.04. The SMILES string of the molecule is CCCc1sc(-c2ccncc2)nc1C(=O)NC. The Balaban J connectivity index is 2.42. The molecule has 0 fully saturated rings. The predicted octanol–water partition coefficient (Wildman–Crippen LogP) is 2.52. The summed E-state index contributed by atoms with van der Waals surface area (Å²) in [7, 11) is 1.63. The summed E-state index contributed by atoms with van der Waals surface area (Å²) in [5.74, 6) is -0.116. The highest BCUT2D eigenvalue weighted by atomic mass is 32.1. The summed E-state index contributed by atoms with van der Waals surface area (Å²) in [6.45, 7) is 2.10. The Labute approximate surface area is 110 Å². The van der Waals surface area contributed by atoms with Crippen molar-refractivity contribution < 1.29 is 4.79 Å². The molecule has 4 nitrogen and oxygen atoms in total. The number of hydrogen-bond acceptors (Lipinski definition) is 4. The smallest absolute Gasteiger partial charge is 0.270 e. The van der Waals surface area contributed by atoms with E-state index in [0.717, 1.165) is 28.3 Å². The summed E-state index contributed by atoms with van der Waals surface area (Å²) in [5, 5.41) is 3.51. The minimum Gasteiger partial charge on any atom is -0.354 e. The maximum atomic E-state index is 11.8. The van der Waals surface area contributed by atoms with Crippen LogP contribution in [0.15, 0.2) is 24.5 Å². The van der Waals surface area contributed by atoms with Crippen LogP contribution in [-0.2, 0) is 6.42 Å². The van der Waals surface area contributed by atoms with E-state index in [1.807, 2.05) is 12.1 Å². The molecular formula is C13H15N3OS. The molecule has 5 heteroatoms. The third kappa shape index (κ3) is 2.56. The first-order valence-corrected chi connectivity index (χ1v) is 6.70. The lowest BCUT2D eigenvalue weighted by Gasteiger charge is -1.97. The van der Waals surface area contributed by atoms with Crippen LogP contribution in [0.5, 0.6) is 0 Å². The molecule has 0 aliphatic heterocycles. The average Bonchev–Trinajstić information content (AvgIpc) is 2.83. The summed E-state index contributed by atoms with van der Waals surface area (Å²) >= 11 is 1.58. The van der Waals surface area contributed by atoms with Gasteiger partial charge in [-0.1, -0.05) is 13.3 Å². The molecule has 2 aromatic rings. The van der Waals surface area contributed by atoms with Gasteiger partial charge in [-0.25, -0.2) is 4.98 Å². The van der Waals surface area contributed by atoms with Crippen LogP contribution in [0.1, 0.15) is 28.7 Å². The van der Waals surface area contributed by atoms with Gasteiger partial charge >= 0.3 is 0 Å². The maximum absolute atomic E-state index is 11.8. The average molecular weight is 261 g/mol. The molecule has 0 saturated carbocycles. The van der Waals surface area contributed by atoms with Crippen molar-refractivity contribution in [3.05, 3.63) is 35.1 Å². The van der Waals surface area contributed by atoms with E-state index in [1.165, 1.54) is 0 Å². The van der Waals surface area contributed by atoms with Gasteiger partial charge in [0.15, 0.2) is 0 Å². The van der Waals surface area contributed by atoms with Crippen LogP contribution >= 0.6 is 11.3 Å². The molecule has 2 rings (SSSR count). The fraction of sp³-hybridized carbons (Fsp3) is 0.308. The molecule has 1 amide bonds. The highest BCUT2D eigenvalue weighted by molar-refractivity contribution is 7.15. The quantitative estimate of drug-likeness (QED) is 0.920. The van der Waals surface area contributed by atoms with E-state index in [9.17, 15) is 4.79 Å². The van der Waals surface area contributed by atoms with Crippen LogP contribution in [0, 0.1) is 0 Å². The summed E-state index contributed by atoms with van der Waals surface area (Å²) < 4.78 is 0. The van der Waals surface area contributed by atoms with Gasteiger partial charge in [0.25, 0.3) is 5.91 Å². The summed E-state index contributed by atoms with van der Waals surface area (Å²) in [5.41, 5.74) is 1.55. The molecule has 0 atom stereocenters. The summed E-state index contributed by atoms with van der Waals surface area (Å²) in [6.07, 6.45) is 5.35. The van der Waals surface area contributed by atoms with Crippen molar-refractivity contribution >= 4 is 17.2 Å². The Bertz CT molecular complexity index is 536. The third-order valence-electron chi connectivity index (χ3n) is 2.54. The molecule has 0 aliphatic rings. The Morgan fingerprint density at radius 2 is 2.11 bits per heavy atom. The molecule has 0 radical (unpaired) electrons. The number of thiazole rings is 1. The van der Waals surface area contributed by atoms with Crippen molar-refractivity contribution in [2.75, 3.05) is 7.05 Å². The van der Waals surface area contributed by atoms with Gasteiger partial charge in [0.2, 0.25) is 0 Å². The van der Waals surface area contributed by atoms with E-state index in [1.54, 1.807) is 30.8 Å². The number of rotatable bonds is 4. The highest BCUT2D eigenvalue weighted by Crippen LogP contribution is 2.28. The molecule has 94 valence electrons. The van der Waals surface area contributed by atoms with Gasteiger partial charge in [0.05, 0.1) is 0 Å². The molecular weight excluding hydrogens is 246 g/mol. The molecule has 0 spiro atoms. The number of carbonyl (C=O) groups is 1. The highest BCUT2D eigenvalue weighted by Gasteiger charge is 2.17. The molecule has 2 aromatic heterocycles. The first-order chi connectivity index (χ1) is 8.76. The van der Waals surface area contributed by atoms with Crippen molar-refractivity contribution in [1.29, 1.82) is 0 Å². The van der Waals surface area contributed by atoms with Gasteiger partial charge in [-0.2, -0.15) is 0 Å². The minimum absolute atomic E-state index is 0.116. The Hall–Kier alpha value is -1.75. The van der Waals surface area contributed by atoms with Crippen LogP contribution in [0.4, 0.5) is 0 Å². The number of aryl methyl sites for hydroxylation is 1. The van der Waals surface area contributed by atoms with Gasteiger partial charge in [-0.05, 0) is 18.6 Å². The fourth-order valence-corrected chi connectivity index (χ4v) is 2.83. The lowest BCUT2D eigenvalue weighted by molar-refractivity contribution is 0.0958. The largest absolute Gasteiger partial charge is 0.354 e. The van der Waals surface area contributed by atoms with Gasteiger partial charge in [0, 0.05) is 29.9 Å². The van der Waals surface area contributed by atoms with Crippen molar-refractivity contribution in [1.82, 2.24) is 15.3 Å². The number of carbonyl (C=O) groups excluding carboxylic acids is 1. The van der Waals surface area contributed by atoms with Crippen molar-refractivity contribution in [3.63, 3.8) is 0 Å². The Morgan fingerprint density at radius 1 is 1.39 bits per heavy atom. The van der Waals surface area contributed by atoms with E-state index in [0.29, 0.717) is 5.69 Å². The standard InChI is InChI=1S/C13H15N3OS/c1-3-4-10-11(12(17)14-2)16-13(18-10)9-5-7-15-8-6-9/h5-8H,3-4H2,1-2H3,(H,14,17). The van der Waals surface area contributed by atoms with Crippen molar-refractivity contribution in [2.24, 2.45) is 0 Å². The third-order valence-corrected chi connectivity index (χ3v) is 3.71. The predicted molar refractivity (Wildman–Crippen MR) is 72.7 cm³/mol. The second-order valence-corrected chi connectivity index (χ2v) is 4.94. The minimum atomic E-state index is -0.116. The zero-order chi connectivity index (χ0) is 13.0. The zero-order valence-corrected chi connectivity index (χ0v) is 11.3. The molecule has 0 saturated heterocycles. The van der Waals surface area contributed by atoms with Gasteiger partial charge in [-0.3, -0.25) is 9.78 Å². The van der Waals surface area contributed by atoms with Gasteiger partial charge in [0.1, 0.15) is 10.7 Å². The van der Waals surface area contributed by atoms with E-state index < -0.39 is 0 Å². The van der Waals surface area contributed by atoms with Crippen LogP contribution < -0.4 is 5.32 Å². The molecule has 2 heterocycles.